The number of carbonyl (C=O) groups excluding carboxylic acids is 2. The van der Waals surface area contributed by atoms with Crippen molar-refractivity contribution in [1.29, 1.82) is 0 Å². The lowest BCUT2D eigenvalue weighted by Gasteiger charge is -2.20. The van der Waals surface area contributed by atoms with Crippen LogP contribution in [0.2, 0.25) is 0 Å². The molecule has 3 aromatic heterocycles. The van der Waals surface area contributed by atoms with E-state index in [1.54, 1.807) is 16.5 Å². The third-order valence-electron chi connectivity index (χ3n) is 6.82. The number of rotatable bonds is 9. The molecule has 1 amide bonds. The maximum Gasteiger partial charge on any atom is 0.298 e. The standard InChI is InChI=1S/C33H33N5O2/c1-22-10-15-28-20-29(25-8-6-5-7-9-25)31(38(28)21-22)32(39)33(40)36-27-13-11-26(12-14-27)34-16-17-37(4)30-19-23(2)18-24(3)35-30/h5-15,18-21,34H,16-17H2,1-4H3,(H,36,40). The lowest BCUT2D eigenvalue weighted by molar-refractivity contribution is -0.112. The summed E-state index contributed by atoms with van der Waals surface area (Å²) in [7, 11) is 2.03. The van der Waals surface area contributed by atoms with Gasteiger partial charge in [0, 0.05) is 54.5 Å². The topological polar surface area (TPSA) is 78.7 Å². The van der Waals surface area contributed by atoms with E-state index in [1.807, 2.05) is 87.8 Å². The molecule has 202 valence electrons. The first-order valence-electron chi connectivity index (χ1n) is 13.3. The molecule has 0 atom stereocenters. The molecule has 5 aromatic rings. The van der Waals surface area contributed by atoms with Gasteiger partial charge in [-0.15, -0.1) is 0 Å². The van der Waals surface area contributed by atoms with Crippen molar-refractivity contribution < 1.29 is 9.59 Å². The van der Waals surface area contributed by atoms with Gasteiger partial charge in [0.1, 0.15) is 11.5 Å². The molecule has 3 heterocycles. The fourth-order valence-electron chi connectivity index (χ4n) is 4.81. The normalized spacial score (nSPS) is 10.9. The Balaban J connectivity index is 1.25. The predicted molar refractivity (Wildman–Crippen MR) is 162 cm³/mol. The van der Waals surface area contributed by atoms with E-state index in [1.165, 1.54) is 5.56 Å². The molecule has 2 N–H and O–H groups in total. The summed E-state index contributed by atoms with van der Waals surface area (Å²) in [4.78, 5) is 33.4. The third kappa shape index (κ3) is 5.89. The highest BCUT2D eigenvalue weighted by molar-refractivity contribution is 6.47. The number of anilines is 3. The monoisotopic (exact) mass is 531 g/mol. The molecule has 0 aliphatic heterocycles. The summed E-state index contributed by atoms with van der Waals surface area (Å²) in [6, 6.07) is 27.1. The summed E-state index contributed by atoms with van der Waals surface area (Å²) >= 11 is 0. The summed E-state index contributed by atoms with van der Waals surface area (Å²) in [5.41, 5.74) is 7.48. The number of ketones is 1. The number of hydrogen-bond acceptors (Lipinski definition) is 5. The van der Waals surface area contributed by atoms with Crippen LogP contribution in [-0.4, -0.2) is 41.2 Å². The number of benzene rings is 2. The number of amides is 1. The van der Waals surface area contributed by atoms with Crippen molar-refractivity contribution in [2.24, 2.45) is 0 Å². The minimum absolute atomic E-state index is 0.350. The van der Waals surface area contributed by atoms with Crippen LogP contribution in [0.4, 0.5) is 17.2 Å². The van der Waals surface area contributed by atoms with E-state index in [2.05, 4.69) is 39.6 Å². The lowest BCUT2D eigenvalue weighted by atomic mass is 10.0. The molecule has 40 heavy (non-hydrogen) atoms. The van der Waals surface area contributed by atoms with Gasteiger partial charge in [-0.25, -0.2) is 4.98 Å². The van der Waals surface area contributed by atoms with Crippen LogP contribution in [0.1, 0.15) is 27.3 Å². The van der Waals surface area contributed by atoms with Gasteiger partial charge in [0.05, 0.1) is 0 Å². The summed E-state index contributed by atoms with van der Waals surface area (Å²) in [5, 5.41) is 6.17. The summed E-state index contributed by atoms with van der Waals surface area (Å²) in [6.07, 6.45) is 1.89. The minimum Gasteiger partial charge on any atom is -0.383 e. The first-order chi connectivity index (χ1) is 19.3. The van der Waals surface area contributed by atoms with Crippen molar-refractivity contribution in [2.75, 3.05) is 35.7 Å². The zero-order valence-electron chi connectivity index (χ0n) is 23.2. The van der Waals surface area contributed by atoms with Gasteiger partial charge in [-0.2, -0.15) is 0 Å². The number of aryl methyl sites for hydroxylation is 3. The van der Waals surface area contributed by atoms with E-state index >= 15 is 0 Å². The van der Waals surface area contributed by atoms with Crippen LogP contribution in [0.15, 0.2) is 91.1 Å². The van der Waals surface area contributed by atoms with Gasteiger partial charge in [0.15, 0.2) is 0 Å². The lowest BCUT2D eigenvalue weighted by Crippen LogP contribution is -2.26. The zero-order valence-corrected chi connectivity index (χ0v) is 23.2. The molecule has 0 radical (unpaired) electrons. The third-order valence-corrected chi connectivity index (χ3v) is 6.82. The number of aromatic nitrogens is 2. The molecule has 0 unspecified atom stereocenters. The highest BCUT2D eigenvalue weighted by atomic mass is 16.2. The fraction of sp³-hybridized carbons (Fsp3) is 0.182. The Bertz CT molecular complexity index is 1650. The van der Waals surface area contributed by atoms with Crippen molar-refractivity contribution in [3.8, 4) is 11.1 Å². The van der Waals surface area contributed by atoms with E-state index < -0.39 is 11.7 Å². The molecule has 0 spiro atoms. The Kier molecular flexibility index (Phi) is 7.64. The molecular weight excluding hydrogens is 498 g/mol. The van der Waals surface area contributed by atoms with Gasteiger partial charge in [-0.3, -0.25) is 9.59 Å². The number of nitrogens with one attached hydrogen (secondary N) is 2. The largest absolute Gasteiger partial charge is 0.383 e. The minimum atomic E-state index is -0.679. The smallest absolute Gasteiger partial charge is 0.298 e. The van der Waals surface area contributed by atoms with Crippen LogP contribution in [0.3, 0.4) is 0 Å². The average Bonchev–Trinajstić information content (AvgIpc) is 3.32. The van der Waals surface area contributed by atoms with Gasteiger partial charge in [0.25, 0.3) is 11.7 Å². The molecule has 7 nitrogen and oxygen atoms in total. The molecule has 5 rings (SSSR count). The average molecular weight is 532 g/mol. The van der Waals surface area contributed by atoms with E-state index in [9.17, 15) is 9.59 Å². The second kappa shape index (κ2) is 11.5. The first kappa shape index (κ1) is 26.7. The summed E-state index contributed by atoms with van der Waals surface area (Å²) < 4.78 is 1.80. The number of carbonyl (C=O) groups is 2. The number of nitrogens with zero attached hydrogens (tertiary/aromatic N) is 3. The quantitative estimate of drug-likeness (QED) is 0.172. The first-order valence-corrected chi connectivity index (χ1v) is 13.3. The summed E-state index contributed by atoms with van der Waals surface area (Å²) in [6.45, 7) is 7.53. The highest BCUT2D eigenvalue weighted by Gasteiger charge is 2.25. The van der Waals surface area contributed by atoms with E-state index in [4.69, 9.17) is 0 Å². The Morgan fingerprint density at radius 2 is 1.57 bits per heavy atom. The van der Waals surface area contributed by atoms with Crippen molar-refractivity contribution >= 4 is 34.4 Å². The Hall–Kier alpha value is -4.91. The Morgan fingerprint density at radius 3 is 2.30 bits per heavy atom. The van der Waals surface area contributed by atoms with Crippen molar-refractivity contribution in [3.05, 3.63) is 114 Å². The molecular formula is C33H33N5O2. The number of hydrogen-bond donors (Lipinski definition) is 2. The van der Waals surface area contributed by atoms with Crippen LogP contribution >= 0.6 is 0 Å². The van der Waals surface area contributed by atoms with Crippen molar-refractivity contribution in [1.82, 2.24) is 9.38 Å². The Morgan fingerprint density at radius 1 is 0.850 bits per heavy atom. The van der Waals surface area contributed by atoms with Gasteiger partial charge < -0.3 is 19.9 Å². The Labute approximate surface area is 234 Å². The van der Waals surface area contributed by atoms with Crippen LogP contribution < -0.4 is 15.5 Å². The van der Waals surface area contributed by atoms with Crippen molar-refractivity contribution in [3.63, 3.8) is 0 Å². The van der Waals surface area contributed by atoms with Crippen molar-refractivity contribution in [2.45, 2.75) is 20.8 Å². The van der Waals surface area contributed by atoms with Gasteiger partial charge in [-0.05, 0) is 86.0 Å². The van der Waals surface area contributed by atoms with Crippen LogP contribution in [0.5, 0.6) is 0 Å². The predicted octanol–water partition coefficient (Wildman–Crippen LogP) is 6.30. The molecule has 0 bridgehead atoms. The number of likely N-dealkylation sites (N-methyl/N-ethyl adjacent to an activating group) is 1. The van der Waals surface area contributed by atoms with E-state index in [-0.39, 0.29) is 0 Å². The second-order valence-electron chi connectivity index (χ2n) is 10.1. The van der Waals surface area contributed by atoms with Crippen LogP contribution in [-0.2, 0) is 4.79 Å². The molecule has 0 aliphatic rings. The number of fused-ring (bicyclic) bond motifs is 1. The molecule has 0 saturated carbocycles. The summed E-state index contributed by atoms with van der Waals surface area (Å²) in [5.74, 6) is -0.319. The fourth-order valence-corrected chi connectivity index (χ4v) is 4.81. The SMILES string of the molecule is Cc1cc(C)nc(N(C)CCNc2ccc(NC(=O)C(=O)c3c(-c4ccccc4)cc4ccc(C)cn34)cc2)c1. The number of Topliss-reactive ketones (excluding diaryl/α,β-unsaturated/α-hetero) is 1. The second-order valence-corrected chi connectivity index (χ2v) is 10.1. The number of pyridine rings is 2. The molecule has 0 aliphatic carbocycles. The molecule has 2 aromatic carbocycles. The molecule has 0 saturated heterocycles. The maximum absolute atomic E-state index is 13.5. The van der Waals surface area contributed by atoms with Crippen LogP contribution in [0, 0.1) is 20.8 Å². The van der Waals surface area contributed by atoms with Gasteiger partial charge in [0.2, 0.25) is 0 Å². The van der Waals surface area contributed by atoms with Gasteiger partial charge in [-0.1, -0.05) is 36.4 Å². The molecule has 0 fully saturated rings. The zero-order chi connectivity index (χ0) is 28.2. The van der Waals surface area contributed by atoms with E-state index in [0.717, 1.165) is 52.5 Å². The highest BCUT2D eigenvalue weighted by Crippen LogP contribution is 2.29. The molecule has 7 heteroatoms. The van der Waals surface area contributed by atoms with Crippen LogP contribution in [0.25, 0.3) is 16.6 Å². The van der Waals surface area contributed by atoms with Gasteiger partial charge >= 0.3 is 0 Å². The van der Waals surface area contributed by atoms with E-state index in [0.29, 0.717) is 11.4 Å². The maximum atomic E-state index is 13.5.